The normalized spacial score (nSPS) is 14.2. The van der Waals surface area contributed by atoms with Crippen molar-refractivity contribution in [2.45, 2.75) is 97.3 Å². The molecule has 1 heterocycles. The van der Waals surface area contributed by atoms with E-state index in [0.29, 0.717) is 23.7 Å². The summed E-state index contributed by atoms with van der Waals surface area (Å²) in [5, 5.41) is 2.68. The topological polar surface area (TPSA) is 3.24 Å². The largest absolute Gasteiger partial charge is 0.310 e. The first-order chi connectivity index (χ1) is 22.8. The summed E-state index contributed by atoms with van der Waals surface area (Å²) in [5.41, 5.74) is 12.2. The molecule has 0 radical (unpaired) electrons. The van der Waals surface area contributed by atoms with Crippen molar-refractivity contribution in [2.24, 2.45) is 0 Å². The van der Waals surface area contributed by atoms with Gasteiger partial charge in [-0.1, -0.05) is 121 Å². The van der Waals surface area contributed by atoms with E-state index in [-0.39, 0.29) is 0 Å². The number of hydrogen-bond donors (Lipinski definition) is 0. The van der Waals surface area contributed by atoms with Crippen LogP contribution in [0.3, 0.4) is 0 Å². The van der Waals surface area contributed by atoms with E-state index in [4.69, 9.17) is 0 Å². The van der Waals surface area contributed by atoms with Crippen molar-refractivity contribution in [3.63, 3.8) is 0 Å². The summed E-state index contributed by atoms with van der Waals surface area (Å²) in [6, 6.07) is 39.6. The second-order valence-electron chi connectivity index (χ2n) is 14.6. The number of rotatable bonds is 8. The number of anilines is 3. The van der Waals surface area contributed by atoms with Crippen LogP contribution in [0.4, 0.5) is 17.1 Å². The molecular weight excluding hydrogens is 587 g/mol. The fourth-order valence-electron chi connectivity index (χ4n) is 7.70. The zero-order chi connectivity index (χ0) is 32.7. The SMILES string of the molecule is CC(C)c1cc(C(C)C)c(-c2ccc(N(c3ccc(C4CCCCC4)cc3)c3ccc4c(c3)sc3ccccc34)cc2)c(C(C)C)c1. The van der Waals surface area contributed by atoms with Crippen LogP contribution in [0, 0.1) is 0 Å². The van der Waals surface area contributed by atoms with Crippen molar-refractivity contribution >= 4 is 48.6 Å². The Hall–Kier alpha value is -3.88. The van der Waals surface area contributed by atoms with E-state index >= 15 is 0 Å². The Kier molecular flexibility index (Phi) is 8.99. The van der Waals surface area contributed by atoms with Crippen LogP contribution in [0.15, 0.2) is 103 Å². The fourth-order valence-corrected chi connectivity index (χ4v) is 8.84. The molecule has 1 aliphatic rings. The lowest BCUT2D eigenvalue weighted by Gasteiger charge is -2.28. The van der Waals surface area contributed by atoms with Gasteiger partial charge in [0, 0.05) is 37.2 Å². The van der Waals surface area contributed by atoms with E-state index < -0.39 is 0 Å². The predicted octanol–water partition coefficient (Wildman–Crippen LogP) is 14.6. The van der Waals surface area contributed by atoms with Gasteiger partial charge < -0.3 is 4.90 Å². The van der Waals surface area contributed by atoms with Gasteiger partial charge in [-0.05, 0) is 112 Å². The second-order valence-corrected chi connectivity index (χ2v) is 15.7. The molecule has 1 fully saturated rings. The smallest absolute Gasteiger partial charge is 0.0476 e. The average molecular weight is 636 g/mol. The maximum absolute atomic E-state index is 2.46. The summed E-state index contributed by atoms with van der Waals surface area (Å²) in [5.74, 6) is 2.12. The fraction of sp³-hybridized carbons (Fsp3) is 0.333. The molecule has 0 amide bonds. The zero-order valence-electron chi connectivity index (χ0n) is 29.0. The molecule has 240 valence electrons. The van der Waals surface area contributed by atoms with E-state index in [9.17, 15) is 0 Å². The van der Waals surface area contributed by atoms with Crippen molar-refractivity contribution in [1.29, 1.82) is 0 Å². The second kappa shape index (κ2) is 13.3. The summed E-state index contributed by atoms with van der Waals surface area (Å²) in [6.07, 6.45) is 6.75. The molecule has 0 aliphatic heterocycles. The van der Waals surface area contributed by atoms with Gasteiger partial charge >= 0.3 is 0 Å². The number of thiophene rings is 1. The standard InChI is InChI=1S/C45H49NS/c1-29(2)35-26-41(30(3)4)45(42(27-35)31(5)6)34-18-22-37(23-19-34)46(36-20-16-33(17-21-36)32-12-8-7-9-13-32)38-24-25-40-39-14-10-11-15-43(39)47-44(40)28-38/h10-11,14-32H,7-9,12-13H2,1-6H3. The molecule has 0 N–H and O–H groups in total. The molecule has 6 aromatic rings. The van der Waals surface area contributed by atoms with Gasteiger partial charge in [0.2, 0.25) is 0 Å². The lowest BCUT2D eigenvalue weighted by atomic mass is 9.82. The number of nitrogens with zero attached hydrogens (tertiary/aromatic N) is 1. The average Bonchev–Trinajstić information content (AvgIpc) is 3.47. The van der Waals surface area contributed by atoms with Crippen LogP contribution in [0.5, 0.6) is 0 Å². The van der Waals surface area contributed by atoms with Gasteiger partial charge in [-0.3, -0.25) is 0 Å². The third kappa shape index (κ3) is 6.25. The molecule has 0 bridgehead atoms. The van der Waals surface area contributed by atoms with Crippen molar-refractivity contribution in [3.05, 3.63) is 125 Å². The highest BCUT2D eigenvalue weighted by molar-refractivity contribution is 7.25. The van der Waals surface area contributed by atoms with Gasteiger partial charge in [0.05, 0.1) is 0 Å². The van der Waals surface area contributed by atoms with E-state index in [0.717, 1.165) is 0 Å². The molecule has 0 saturated heterocycles. The maximum atomic E-state index is 2.46. The molecule has 1 aliphatic carbocycles. The van der Waals surface area contributed by atoms with Crippen LogP contribution in [0.25, 0.3) is 31.3 Å². The number of hydrogen-bond acceptors (Lipinski definition) is 2. The van der Waals surface area contributed by atoms with Gasteiger partial charge in [-0.25, -0.2) is 0 Å². The quantitative estimate of drug-likeness (QED) is 0.161. The zero-order valence-corrected chi connectivity index (χ0v) is 29.8. The minimum atomic E-state index is 0.452. The summed E-state index contributed by atoms with van der Waals surface area (Å²) in [6.45, 7) is 14.0. The predicted molar refractivity (Wildman–Crippen MR) is 208 cm³/mol. The molecule has 47 heavy (non-hydrogen) atoms. The van der Waals surface area contributed by atoms with E-state index in [1.807, 2.05) is 11.3 Å². The van der Waals surface area contributed by atoms with Crippen molar-refractivity contribution in [1.82, 2.24) is 0 Å². The molecule has 0 unspecified atom stereocenters. The summed E-state index contributed by atoms with van der Waals surface area (Å²) < 4.78 is 2.68. The van der Waals surface area contributed by atoms with Crippen molar-refractivity contribution in [2.75, 3.05) is 4.90 Å². The van der Waals surface area contributed by atoms with E-state index in [2.05, 4.69) is 150 Å². The highest BCUT2D eigenvalue weighted by Gasteiger charge is 2.21. The van der Waals surface area contributed by atoms with Crippen LogP contribution >= 0.6 is 11.3 Å². The minimum Gasteiger partial charge on any atom is -0.310 e. The lowest BCUT2D eigenvalue weighted by molar-refractivity contribution is 0.443. The van der Waals surface area contributed by atoms with Crippen LogP contribution in [-0.2, 0) is 0 Å². The Balaban J connectivity index is 1.33. The van der Waals surface area contributed by atoms with Gasteiger partial charge in [-0.2, -0.15) is 0 Å². The molecule has 0 atom stereocenters. The first kappa shape index (κ1) is 31.7. The summed E-state index contributed by atoms with van der Waals surface area (Å²) in [4.78, 5) is 2.45. The van der Waals surface area contributed by atoms with E-state index in [1.165, 1.54) is 103 Å². The first-order valence-electron chi connectivity index (χ1n) is 17.9. The molecule has 2 heteroatoms. The van der Waals surface area contributed by atoms with Crippen LogP contribution in [0.2, 0.25) is 0 Å². The third-order valence-corrected chi connectivity index (χ3v) is 11.5. The Morgan fingerprint density at radius 3 is 1.74 bits per heavy atom. The Bertz CT molecular complexity index is 1960. The van der Waals surface area contributed by atoms with Crippen LogP contribution < -0.4 is 4.90 Å². The highest BCUT2D eigenvalue weighted by atomic mass is 32.1. The molecule has 1 aromatic heterocycles. The molecule has 1 saturated carbocycles. The van der Waals surface area contributed by atoms with Gasteiger partial charge in [0.25, 0.3) is 0 Å². The minimum absolute atomic E-state index is 0.452. The summed E-state index contributed by atoms with van der Waals surface area (Å²) in [7, 11) is 0. The Labute approximate surface area is 286 Å². The van der Waals surface area contributed by atoms with Crippen LogP contribution in [0.1, 0.15) is 120 Å². The van der Waals surface area contributed by atoms with Crippen LogP contribution in [-0.4, -0.2) is 0 Å². The molecule has 1 nitrogen and oxygen atoms in total. The molecular formula is C45H49NS. The third-order valence-electron chi connectivity index (χ3n) is 10.4. The van der Waals surface area contributed by atoms with Gasteiger partial charge in [0.1, 0.15) is 0 Å². The first-order valence-corrected chi connectivity index (χ1v) is 18.7. The number of benzene rings is 5. The molecule has 0 spiro atoms. The molecule has 5 aromatic carbocycles. The van der Waals surface area contributed by atoms with E-state index in [1.54, 1.807) is 0 Å². The van der Waals surface area contributed by atoms with Gasteiger partial charge in [-0.15, -0.1) is 11.3 Å². The number of fused-ring (bicyclic) bond motifs is 3. The molecule has 7 rings (SSSR count). The van der Waals surface area contributed by atoms with Gasteiger partial charge in [0.15, 0.2) is 0 Å². The lowest BCUT2D eigenvalue weighted by Crippen LogP contribution is -2.11. The maximum Gasteiger partial charge on any atom is 0.0476 e. The Morgan fingerprint density at radius 1 is 0.553 bits per heavy atom. The van der Waals surface area contributed by atoms with Crippen molar-refractivity contribution in [3.8, 4) is 11.1 Å². The van der Waals surface area contributed by atoms with Crippen molar-refractivity contribution < 1.29 is 0 Å². The Morgan fingerprint density at radius 2 is 1.13 bits per heavy atom. The highest BCUT2D eigenvalue weighted by Crippen LogP contribution is 2.43. The summed E-state index contributed by atoms with van der Waals surface area (Å²) >= 11 is 1.89. The monoisotopic (exact) mass is 635 g/mol.